The van der Waals surface area contributed by atoms with Crippen LogP contribution in [-0.4, -0.2) is 47.9 Å². The SMILES string of the molecule is Cc1ccc(N2CCN(C(=O)C(=O)Nc3ccc4[nH]c(=O)oc4c3)CC2)cc1Cl. The van der Waals surface area contributed by atoms with Crippen molar-refractivity contribution in [2.75, 3.05) is 36.4 Å². The number of anilines is 2. The molecule has 0 spiro atoms. The Hall–Kier alpha value is -3.26. The molecule has 1 saturated heterocycles. The fourth-order valence-corrected chi connectivity index (χ4v) is 3.47. The zero-order chi connectivity index (χ0) is 20.5. The van der Waals surface area contributed by atoms with Gasteiger partial charge in [0.2, 0.25) is 0 Å². The first-order chi connectivity index (χ1) is 13.9. The first-order valence-corrected chi connectivity index (χ1v) is 9.53. The zero-order valence-electron chi connectivity index (χ0n) is 15.7. The maximum atomic E-state index is 12.5. The largest absolute Gasteiger partial charge is 0.417 e. The van der Waals surface area contributed by atoms with Crippen molar-refractivity contribution in [2.45, 2.75) is 6.92 Å². The number of carbonyl (C=O) groups excluding carboxylic acids is 2. The third kappa shape index (κ3) is 3.97. The lowest BCUT2D eigenvalue weighted by Crippen LogP contribution is -2.51. The highest BCUT2D eigenvalue weighted by molar-refractivity contribution is 6.39. The van der Waals surface area contributed by atoms with Crippen LogP contribution in [0.2, 0.25) is 5.02 Å². The smallest absolute Gasteiger partial charge is 0.408 e. The Kier molecular flexibility index (Phi) is 5.02. The highest BCUT2D eigenvalue weighted by atomic mass is 35.5. The van der Waals surface area contributed by atoms with E-state index in [1.54, 1.807) is 12.1 Å². The number of aromatic amines is 1. The van der Waals surface area contributed by atoms with Crippen LogP contribution in [-0.2, 0) is 9.59 Å². The van der Waals surface area contributed by atoms with E-state index in [1.165, 1.54) is 11.0 Å². The van der Waals surface area contributed by atoms with Crippen LogP contribution in [0.4, 0.5) is 11.4 Å². The Morgan fingerprint density at radius 2 is 1.86 bits per heavy atom. The minimum absolute atomic E-state index is 0.311. The first kappa shape index (κ1) is 19.1. The Bertz CT molecular complexity index is 1140. The molecule has 0 radical (unpaired) electrons. The Morgan fingerprint density at radius 3 is 2.59 bits per heavy atom. The predicted molar refractivity (Wildman–Crippen MR) is 110 cm³/mol. The van der Waals surface area contributed by atoms with Crippen LogP contribution in [0.15, 0.2) is 45.6 Å². The number of halogens is 1. The van der Waals surface area contributed by atoms with Gasteiger partial charge in [0.15, 0.2) is 5.58 Å². The van der Waals surface area contributed by atoms with Gasteiger partial charge in [0.25, 0.3) is 0 Å². The summed E-state index contributed by atoms with van der Waals surface area (Å²) in [6, 6.07) is 10.6. The Morgan fingerprint density at radius 1 is 1.10 bits per heavy atom. The van der Waals surface area contributed by atoms with Gasteiger partial charge in [0.05, 0.1) is 5.52 Å². The molecule has 1 aromatic heterocycles. The number of nitrogens with one attached hydrogen (secondary N) is 2. The second-order valence-corrected chi connectivity index (χ2v) is 7.30. The van der Waals surface area contributed by atoms with E-state index in [0.717, 1.165) is 11.3 Å². The molecule has 1 aliphatic heterocycles. The summed E-state index contributed by atoms with van der Waals surface area (Å²) in [6.07, 6.45) is 0. The van der Waals surface area contributed by atoms with E-state index in [1.807, 2.05) is 25.1 Å². The molecule has 2 N–H and O–H groups in total. The summed E-state index contributed by atoms with van der Waals surface area (Å²) in [7, 11) is 0. The van der Waals surface area contributed by atoms with Crippen molar-refractivity contribution in [3.05, 3.63) is 57.5 Å². The topological polar surface area (TPSA) is 98.6 Å². The molecule has 4 rings (SSSR count). The molecule has 9 heteroatoms. The van der Waals surface area contributed by atoms with E-state index in [0.29, 0.717) is 48.0 Å². The molecule has 1 fully saturated rings. The monoisotopic (exact) mass is 414 g/mol. The molecule has 0 atom stereocenters. The minimum atomic E-state index is -0.728. The van der Waals surface area contributed by atoms with E-state index in [9.17, 15) is 14.4 Å². The summed E-state index contributed by atoms with van der Waals surface area (Å²) in [5, 5.41) is 3.26. The number of aryl methyl sites for hydroxylation is 1. The van der Waals surface area contributed by atoms with Crippen molar-refractivity contribution >= 4 is 45.9 Å². The van der Waals surface area contributed by atoms with Gasteiger partial charge in [-0.2, -0.15) is 0 Å². The third-order valence-electron chi connectivity index (χ3n) is 4.96. The molecular weight excluding hydrogens is 396 g/mol. The number of H-pyrrole nitrogens is 1. The van der Waals surface area contributed by atoms with E-state index in [-0.39, 0.29) is 0 Å². The Balaban J connectivity index is 1.37. The summed E-state index contributed by atoms with van der Waals surface area (Å²) >= 11 is 6.20. The average Bonchev–Trinajstić information content (AvgIpc) is 3.09. The number of benzene rings is 2. The van der Waals surface area contributed by atoms with E-state index >= 15 is 0 Å². The van der Waals surface area contributed by atoms with Crippen LogP contribution in [0.3, 0.4) is 0 Å². The summed E-state index contributed by atoms with van der Waals surface area (Å²) in [4.78, 5) is 42.3. The number of rotatable bonds is 2. The highest BCUT2D eigenvalue weighted by Crippen LogP contribution is 2.24. The molecule has 0 saturated carbocycles. The van der Waals surface area contributed by atoms with Gasteiger partial charge in [-0.05, 0) is 36.8 Å². The molecule has 150 valence electrons. The van der Waals surface area contributed by atoms with Crippen molar-refractivity contribution in [3.8, 4) is 0 Å². The van der Waals surface area contributed by atoms with Gasteiger partial charge < -0.3 is 19.5 Å². The second-order valence-electron chi connectivity index (χ2n) is 6.89. The van der Waals surface area contributed by atoms with Crippen molar-refractivity contribution in [1.82, 2.24) is 9.88 Å². The minimum Gasteiger partial charge on any atom is -0.408 e. The van der Waals surface area contributed by atoms with Crippen LogP contribution in [0.5, 0.6) is 0 Å². The van der Waals surface area contributed by atoms with Crippen molar-refractivity contribution in [3.63, 3.8) is 0 Å². The molecule has 3 aromatic rings. The quantitative estimate of drug-likeness (QED) is 0.627. The van der Waals surface area contributed by atoms with Crippen LogP contribution in [0, 0.1) is 6.92 Å². The summed E-state index contributed by atoms with van der Waals surface area (Å²) in [5.74, 6) is -1.90. The van der Waals surface area contributed by atoms with Gasteiger partial charge in [-0.1, -0.05) is 17.7 Å². The molecular formula is C20H19ClN4O4. The normalized spacial score (nSPS) is 14.3. The van der Waals surface area contributed by atoms with Gasteiger partial charge in [-0.25, -0.2) is 4.79 Å². The number of oxazole rings is 1. The number of aromatic nitrogens is 1. The first-order valence-electron chi connectivity index (χ1n) is 9.15. The zero-order valence-corrected chi connectivity index (χ0v) is 16.5. The van der Waals surface area contributed by atoms with Crippen LogP contribution < -0.4 is 16.0 Å². The molecule has 29 heavy (non-hydrogen) atoms. The van der Waals surface area contributed by atoms with E-state index in [2.05, 4.69) is 15.2 Å². The number of nitrogens with zero attached hydrogens (tertiary/aromatic N) is 2. The molecule has 2 heterocycles. The fourth-order valence-electron chi connectivity index (χ4n) is 3.30. The maximum absolute atomic E-state index is 12.5. The fraction of sp³-hybridized carbons (Fsp3) is 0.250. The summed E-state index contributed by atoms with van der Waals surface area (Å²) in [5.41, 5.74) is 3.22. The van der Waals surface area contributed by atoms with Crippen LogP contribution >= 0.6 is 11.6 Å². The number of piperazine rings is 1. The van der Waals surface area contributed by atoms with Crippen molar-refractivity contribution in [1.29, 1.82) is 0 Å². The van der Waals surface area contributed by atoms with Crippen molar-refractivity contribution in [2.24, 2.45) is 0 Å². The van der Waals surface area contributed by atoms with Gasteiger partial charge in [0, 0.05) is 48.6 Å². The van der Waals surface area contributed by atoms with Gasteiger partial charge in [0.1, 0.15) is 0 Å². The van der Waals surface area contributed by atoms with E-state index in [4.69, 9.17) is 16.0 Å². The number of amides is 2. The van der Waals surface area contributed by atoms with Crippen LogP contribution in [0.25, 0.3) is 11.1 Å². The molecule has 0 aliphatic carbocycles. The molecule has 2 amide bonds. The summed E-state index contributed by atoms with van der Waals surface area (Å²) < 4.78 is 4.96. The number of hydrogen-bond acceptors (Lipinski definition) is 5. The van der Waals surface area contributed by atoms with Gasteiger partial charge >= 0.3 is 17.6 Å². The number of carbonyl (C=O) groups is 2. The second kappa shape index (κ2) is 7.63. The lowest BCUT2D eigenvalue weighted by Gasteiger charge is -2.35. The van der Waals surface area contributed by atoms with Crippen LogP contribution in [0.1, 0.15) is 5.56 Å². The molecule has 8 nitrogen and oxygen atoms in total. The summed E-state index contributed by atoms with van der Waals surface area (Å²) in [6.45, 7) is 4.04. The lowest BCUT2D eigenvalue weighted by atomic mass is 10.2. The predicted octanol–water partition coefficient (Wildman–Crippen LogP) is 2.37. The Labute approximate surface area is 171 Å². The van der Waals surface area contributed by atoms with Crippen molar-refractivity contribution < 1.29 is 14.0 Å². The van der Waals surface area contributed by atoms with Gasteiger partial charge in [-0.15, -0.1) is 0 Å². The highest BCUT2D eigenvalue weighted by Gasteiger charge is 2.26. The average molecular weight is 415 g/mol. The van der Waals surface area contributed by atoms with Gasteiger partial charge in [-0.3, -0.25) is 14.6 Å². The van der Waals surface area contributed by atoms with E-state index < -0.39 is 17.6 Å². The number of fused-ring (bicyclic) bond motifs is 1. The molecule has 2 aromatic carbocycles. The molecule has 1 aliphatic rings. The third-order valence-corrected chi connectivity index (χ3v) is 5.37. The molecule has 0 unspecified atom stereocenters. The maximum Gasteiger partial charge on any atom is 0.417 e. The standard InChI is InChI=1S/C20H19ClN4O4/c1-12-2-4-14(11-15(12)21)24-6-8-25(9-7-24)19(27)18(26)22-13-3-5-16-17(10-13)29-20(28)23-16/h2-5,10-11H,6-9H2,1H3,(H,22,26)(H,23,28). The lowest BCUT2D eigenvalue weighted by molar-refractivity contribution is -0.143. The molecule has 0 bridgehead atoms. The number of hydrogen-bond donors (Lipinski definition) is 2.